The predicted molar refractivity (Wildman–Crippen MR) is 69.5 cm³/mol. The second-order valence-corrected chi connectivity index (χ2v) is 4.99. The molecule has 0 N–H and O–H groups in total. The number of likely N-dealkylation sites (tertiary alicyclic amines) is 1. The Morgan fingerprint density at radius 3 is 2.94 bits per heavy atom. The summed E-state index contributed by atoms with van der Waals surface area (Å²) in [6.07, 6.45) is 4.88. The van der Waals surface area contributed by atoms with Crippen LogP contribution in [0, 0.1) is 17.1 Å². The van der Waals surface area contributed by atoms with Crippen molar-refractivity contribution in [2.75, 3.05) is 6.54 Å². The molecule has 1 fully saturated rings. The predicted octanol–water partition coefficient (Wildman–Crippen LogP) is 3.46. The van der Waals surface area contributed by atoms with Crippen LogP contribution in [-0.2, 0) is 6.54 Å². The highest BCUT2D eigenvalue weighted by atomic mass is 19.1. The summed E-state index contributed by atoms with van der Waals surface area (Å²) in [4.78, 5) is 2.42. The first-order valence-electron chi connectivity index (χ1n) is 6.66. The van der Waals surface area contributed by atoms with E-state index in [9.17, 15) is 4.39 Å². The molecular weight excluding hydrogens is 227 g/mol. The van der Waals surface area contributed by atoms with E-state index in [1.165, 1.54) is 25.3 Å². The van der Waals surface area contributed by atoms with Gasteiger partial charge < -0.3 is 0 Å². The van der Waals surface area contributed by atoms with Gasteiger partial charge in [0.25, 0.3) is 0 Å². The van der Waals surface area contributed by atoms with Gasteiger partial charge in [0.1, 0.15) is 5.82 Å². The van der Waals surface area contributed by atoms with E-state index >= 15 is 0 Å². The van der Waals surface area contributed by atoms with Crippen LogP contribution in [0.1, 0.15) is 43.7 Å². The minimum Gasteiger partial charge on any atom is -0.296 e. The van der Waals surface area contributed by atoms with Crippen molar-refractivity contribution in [2.24, 2.45) is 0 Å². The molecule has 2 nitrogen and oxygen atoms in total. The van der Waals surface area contributed by atoms with Gasteiger partial charge in [0, 0.05) is 12.6 Å². The van der Waals surface area contributed by atoms with Crippen molar-refractivity contribution in [2.45, 2.75) is 45.2 Å². The van der Waals surface area contributed by atoms with Gasteiger partial charge in [-0.2, -0.15) is 5.26 Å². The number of hydrogen-bond acceptors (Lipinski definition) is 2. The molecule has 0 amide bonds. The summed E-state index contributed by atoms with van der Waals surface area (Å²) in [6.45, 7) is 4.04. The molecule has 1 aromatic carbocycles. The van der Waals surface area contributed by atoms with E-state index in [1.807, 2.05) is 6.07 Å². The minimum atomic E-state index is -0.311. The second kappa shape index (κ2) is 5.97. The van der Waals surface area contributed by atoms with E-state index in [2.05, 4.69) is 11.8 Å². The van der Waals surface area contributed by atoms with E-state index in [0.29, 0.717) is 11.6 Å². The van der Waals surface area contributed by atoms with Gasteiger partial charge in [-0.25, -0.2) is 4.39 Å². The lowest BCUT2D eigenvalue weighted by Crippen LogP contribution is -2.38. The molecule has 96 valence electrons. The van der Waals surface area contributed by atoms with Gasteiger partial charge in [0.2, 0.25) is 0 Å². The summed E-state index contributed by atoms with van der Waals surface area (Å²) in [5.74, 6) is -0.311. The maximum absolute atomic E-state index is 13.4. The summed E-state index contributed by atoms with van der Waals surface area (Å²) in [5, 5.41) is 8.86. The Morgan fingerprint density at radius 1 is 1.39 bits per heavy atom. The van der Waals surface area contributed by atoms with Crippen molar-refractivity contribution in [3.8, 4) is 6.07 Å². The molecule has 1 saturated heterocycles. The van der Waals surface area contributed by atoms with Crippen LogP contribution in [0.4, 0.5) is 4.39 Å². The Morgan fingerprint density at radius 2 is 2.22 bits per heavy atom. The van der Waals surface area contributed by atoms with Gasteiger partial charge in [0.15, 0.2) is 0 Å². The molecule has 1 heterocycles. The molecule has 1 aliphatic rings. The summed E-state index contributed by atoms with van der Waals surface area (Å²) >= 11 is 0. The lowest BCUT2D eigenvalue weighted by molar-refractivity contribution is 0.136. The van der Waals surface area contributed by atoms with E-state index in [0.717, 1.165) is 25.1 Å². The Balaban J connectivity index is 2.12. The smallest absolute Gasteiger partial charge is 0.124 e. The van der Waals surface area contributed by atoms with Crippen molar-refractivity contribution in [3.05, 3.63) is 35.1 Å². The molecule has 0 aliphatic carbocycles. The molecule has 1 aromatic rings. The Bertz CT molecular complexity index is 450. The van der Waals surface area contributed by atoms with Gasteiger partial charge in [-0.05, 0) is 49.6 Å². The van der Waals surface area contributed by atoms with Crippen LogP contribution in [0.25, 0.3) is 0 Å². The van der Waals surface area contributed by atoms with E-state index in [1.54, 1.807) is 12.1 Å². The Labute approximate surface area is 108 Å². The maximum Gasteiger partial charge on any atom is 0.124 e. The van der Waals surface area contributed by atoms with E-state index in [4.69, 9.17) is 5.26 Å². The van der Waals surface area contributed by atoms with Crippen LogP contribution in [0.2, 0.25) is 0 Å². The Kier molecular flexibility index (Phi) is 4.33. The molecule has 1 aliphatic heterocycles. The number of halogens is 1. The van der Waals surface area contributed by atoms with Gasteiger partial charge in [-0.1, -0.05) is 13.3 Å². The number of hydrogen-bond donors (Lipinski definition) is 0. The van der Waals surface area contributed by atoms with Gasteiger partial charge >= 0.3 is 0 Å². The number of rotatable bonds is 3. The summed E-state index contributed by atoms with van der Waals surface area (Å²) in [5.41, 5.74) is 1.32. The zero-order valence-electron chi connectivity index (χ0n) is 10.8. The zero-order chi connectivity index (χ0) is 13.0. The fourth-order valence-corrected chi connectivity index (χ4v) is 2.77. The second-order valence-electron chi connectivity index (χ2n) is 4.99. The quantitative estimate of drug-likeness (QED) is 0.816. The maximum atomic E-state index is 13.4. The van der Waals surface area contributed by atoms with Crippen LogP contribution >= 0.6 is 0 Å². The van der Waals surface area contributed by atoms with Gasteiger partial charge in [-0.3, -0.25) is 4.90 Å². The number of nitriles is 1. The standard InChI is InChI=1S/C15H19FN2/c1-2-15-5-3-4-6-18(15)11-13-7-12(10-17)8-14(16)9-13/h7-9,15H,2-6,11H2,1H3. The van der Waals surface area contributed by atoms with E-state index < -0.39 is 0 Å². The first-order chi connectivity index (χ1) is 8.72. The van der Waals surface area contributed by atoms with Crippen LogP contribution in [-0.4, -0.2) is 17.5 Å². The highest BCUT2D eigenvalue weighted by Gasteiger charge is 2.20. The van der Waals surface area contributed by atoms with Crippen molar-refractivity contribution in [3.63, 3.8) is 0 Å². The molecular formula is C15H19FN2. The lowest BCUT2D eigenvalue weighted by atomic mass is 9.99. The van der Waals surface area contributed by atoms with Gasteiger partial charge in [0.05, 0.1) is 11.6 Å². The number of nitrogens with zero attached hydrogens (tertiary/aromatic N) is 2. The third-order valence-electron chi connectivity index (χ3n) is 3.69. The summed E-state index contributed by atoms with van der Waals surface area (Å²) in [7, 11) is 0. The number of benzene rings is 1. The average molecular weight is 246 g/mol. The topological polar surface area (TPSA) is 27.0 Å². The molecule has 0 spiro atoms. The highest BCUT2D eigenvalue weighted by Crippen LogP contribution is 2.22. The van der Waals surface area contributed by atoms with Crippen LogP contribution in [0.5, 0.6) is 0 Å². The molecule has 1 unspecified atom stereocenters. The van der Waals surface area contributed by atoms with Crippen molar-refractivity contribution in [1.82, 2.24) is 4.90 Å². The van der Waals surface area contributed by atoms with Crippen LogP contribution in [0.15, 0.2) is 18.2 Å². The molecule has 0 aromatic heterocycles. The normalized spacial score (nSPS) is 20.6. The zero-order valence-corrected chi connectivity index (χ0v) is 10.8. The molecule has 0 radical (unpaired) electrons. The van der Waals surface area contributed by atoms with E-state index in [-0.39, 0.29) is 5.82 Å². The summed E-state index contributed by atoms with van der Waals surface area (Å²) < 4.78 is 13.4. The number of piperidine rings is 1. The third-order valence-corrected chi connectivity index (χ3v) is 3.69. The highest BCUT2D eigenvalue weighted by molar-refractivity contribution is 5.33. The first kappa shape index (κ1) is 13.0. The molecule has 3 heteroatoms. The molecule has 18 heavy (non-hydrogen) atoms. The Hall–Kier alpha value is -1.40. The fraction of sp³-hybridized carbons (Fsp3) is 0.533. The van der Waals surface area contributed by atoms with Crippen LogP contribution in [0.3, 0.4) is 0 Å². The fourth-order valence-electron chi connectivity index (χ4n) is 2.77. The third kappa shape index (κ3) is 3.08. The minimum absolute atomic E-state index is 0.311. The lowest BCUT2D eigenvalue weighted by Gasteiger charge is -2.35. The first-order valence-corrected chi connectivity index (χ1v) is 6.66. The largest absolute Gasteiger partial charge is 0.296 e. The molecule has 0 bridgehead atoms. The van der Waals surface area contributed by atoms with Crippen LogP contribution < -0.4 is 0 Å². The summed E-state index contributed by atoms with van der Waals surface area (Å²) in [6, 6.07) is 7.24. The van der Waals surface area contributed by atoms with Crippen molar-refractivity contribution >= 4 is 0 Å². The van der Waals surface area contributed by atoms with Crippen molar-refractivity contribution in [1.29, 1.82) is 5.26 Å². The molecule has 2 rings (SSSR count). The monoisotopic (exact) mass is 246 g/mol. The molecule has 1 atom stereocenters. The molecule has 0 saturated carbocycles. The van der Waals surface area contributed by atoms with Crippen molar-refractivity contribution < 1.29 is 4.39 Å². The van der Waals surface area contributed by atoms with Gasteiger partial charge in [-0.15, -0.1) is 0 Å². The average Bonchev–Trinajstić information content (AvgIpc) is 2.38. The SMILES string of the molecule is CCC1CCCCN1Cc1cc(F)cc(C#N)c1.